The van der Waals surface area contributed by atoms with Crippen molar-refractivity contribution in [2.45, 2.75) is 29.4 Å². The predicted octanol–water partition coefficient (Wildman–Crippen LogP) is 4.56. The van der Waals surface area contributed by atoms with E-state index < -0.39 is 0 Å². The van der Waals surface area contributed by atoms with Crippen LogP contribution in [0.2, 0.25) is 5.02 Å². The number of furan rings is 1. The monoisotopic (exact) mass is 413 g/mol. The summed E-state index contributed by atoms with van der Waals surface area (Å²) in [7, 11) is 0. The van der Waals surface area contributed by atoms with E-state index in [4.69, 9.17) is 26.7 Å². The normalized spacial score (nSPS) is 17.1. The second kappa shape index (κ2) is 7.31. The van der Waals surface area contributed by atoms with Gasteiger partial charge in [-0.1, -0.05) is 11.6 Å². The fourth-order valence-electron chi connectivity index (χ4n) is 3.76. The molecule has 1 aliphatic heterocycles. The average molecular weight is 414 g/mol. The number of nitrogen functional groups attached to an aromatic ring is 1. The molecular formula is C20H20ClN5OS. The molecule has 0 spiro atoms. The fraction of sp³-hybridized carbons (Fsp3) is 0.300. The molecule has 1 unspecified atom stereocenters. The van der Waals surface area contributed by atoms with Crippen LogP contribution in [0, 0.1) is 5.92 Å². The number of imidazole rings is 1. The zero-order valence-corrected chi connectivity index (χ0v) is 16.8. The maximum atomic E-state index is 6.53. The van der Waals surface area contributed by atoms with Crippen molar-refractivity contribution in [1.29, 1.82) is 0 Å². The lowest BCUT2D eigenvalue weighted by atomic mass is 10.1. The molecule has 3 aromatic heterocycles. The number of pyridine rings is 1. The van der Waals surface area contributed by atoms with Gasteiger partial charge >= 0.3 is 0 Å². The van der Waals surface area contributed by atoms with E-state index in [2.05, 4.69) is 14.9 Å². The molecule has 0 saturated carbocycles. The van der Waals surface area contributed by atoms with Gasteiger partial charge in [-0.05, 0) is 67.9 Å². The lowest BCUT2D eigenvalue weighted by Crippen LogP contribution is -2.11. The highest BCUT2D eigenvalue weighted by Gasteiger charge is 2.19. The van der Waals surface area contributed by atoms with E-state index >= 15 is 0 Å². The first-order chi connectivity index (χ1) is 13.7. The Kier molecular flexibility index (Phi) is 4.66. The molecule has 8 heteroatoms. The van der Waals surface area contributed by atoms with Gasteiger partial charge in [-0.3, -0.25) is 0 Å². The second-order valence-corrected chi connectivity index (χ2v) is 8.52. The minimum Gasteiger partial charge on any atom is -0.464 e. The van der Waals surface area contributed by atoms with Crippen LogP contribution < -0.4 is 11.1 Å². The molecule has 0 bridgehead atoms. The van der Waals surface area contributed by atoms with Crippen molar-refractivity contribution in [3.8, 4) is 0 Å². The molecular weight excluding hydrogens is 394 g/mol. The van der Waals surface area contributed by atoms with Crippen LogP contribution in [0.1, 0.15) is 12.8 Å². The van der Waals surface area contributed by atoms with Gasteiger partial charge in [0.1, 0.15) is 11.1 Å². The maximum Gasteiger partial charge on any atom is 0.174 e. The Morgan fingerprint density at radius 2 is 2.29 bits per heavy atom. The van der Waals surface area contributed by atoms with Gasteiger partial charge in [0.2, 0.25) is 0 Å². The Hall–Kier alpha value is -2.22. The van der Waals surface area contributed by atoms with E-state index in [9.17, 15) is 0 Å². The first kappa shape index (κ1) is 17.8. The van der Waals surface area contributed by atoms with Crippen LogP contribution in [-0.4, -0.2) is 27.6 Å². The van der Waals surface area contributed by atoms with Gasteiger partial charge < -0.3 is 20.0 Å². The molecule has 6 nitrogen and oxygen atoms in total. The predicted molar refractivity (Wildman–Crippen MR) is 113 cm³/mol. The number of fused-ring (bicyclic) bond motifs is 2. The number of nitrogens with one attached hydrogen (secondary N) is 1. The Bertz CT molecular complexity index is 1150. The molecule has 144 valence electrons. The molecule has 3 N–H and O–H groups in total. The minimum absolute atomic E-state index is 0.452. The van der Waals surface area contributed by atoms with Crippen LogP contribution >= 0.6 is 23.4 Å². The van der Waals surface area contributed by atoms with Gasteiger partial charge in [0, 0.05) is 23.0 Å². The zero-order chi connectivity index (χ0) is 19.1. The molecule has 1 aromatic carbocycles. The number of hydrogen-bond acceptors (Lipinski definition) is 6. The molecule has 0 aliphatic carbocycles. The zero-order valence-electron chi connectivity index (χ0n) is 15.2. The molecule has 1 aliphatic rings. The van der Waals surface area contributed by atoms with E-state index in [1.807, 2.05) is 24.3 Å². The first-order valence-corrected chi connectivity index (χ1v) is 10.5. The summed E-state index contributed by atoms with van der Waals surface area (Å²) in [5.41, 5.74) is 8.66. The molecule has 28 heavy (non-hydrogen) atoms. The number of hydrogen-bond donors (Lipinski definition) is 2. The van der Waals surface area contributed by atoms with Crippen molar-refractivity contribution in [3.63, 3.8) is 0 Å². The van der Waals surface area contributed by atoms with Crippen LogP contribution in [0.4, 0.5) is 5.82 Å². The maximum absolute atomic E-state index is 6.53. The number of aryl methyl sites for hydroxylation is 1. The molecule has 1 atom stereocenters. The molecule has 1 fully saturated rings. The van der Waals surface area contributed by atoms with Crippen LogP contribution in [0.3, 0.4) is 0 Å². The van der Waals surface area contributed by atoms with Crippen molar-refractivity contribution in [3.05, 3.63) is 41.7 Å². The number of rotatable bonds is 5. The van der Waals surface area contributed by atoms with Crippen molar-refractivity contribution < 1.29 is 4.42 Å². The smallest absolute Gasteiger partial charge is 0.174 e. The summed E-state index contributed by atoms with van der Waals surface area (Å²) in [6, 6.07) is 7.78. The minimum atomic E-state index is 0.452. The number of benzene rings is 1. The number of aromatic nitrogens is 3. The van der Waals surface area contributed by atoms with Crippen LogP contribution in [-0.2, 0) is 6.54 Å². The molecule has 1 saturated heterocycles. The van der Waals surface area contributed by atoms with E-state index in [1.54, 1.807) is 12.5 Å². The van der Waals surface area contributed by atoms with E-state index in [0.29, 0.717) is 16.8 Å². The third kappa shape index (κ3) is 3.23. The van der Waals surface area contributed by atoms with E-state index in [0.717, 1.165) is 58.1 Å². The topological polar surface area (TPSA) is 81.9 Å². The lowest BCUT2D eigenvalue weighted by molar-refractivity contribution is 0.471. The molecule has 0 amide bonds. The molecule has 0 radical (unpaired) electrons. The van der Waals surface area contributed by atoms with Gasteiger partial charge in [0.15, 0.2) is 11.0 Å². The van der Waals surface area contributed by atoms with Gasteiger partial charge in [-0.15, -0.1) is 0 Å². The largest absolute Gasteiger partial charge is 0.464 e. The average Bonchev–Trinajstić information content (AvgIpc) is 3.41. The van der Waals surface area contributed by atoms with Gasteiger partial charge in [-0.25, -0.2) is 9.97 Å². The molecule has 4 heterocycles. The van der Waals surface area contributed by atoms with Crippen molar-refractivity contribution in [2.24, 2.45) is 5.92 Å². The van der Waals surface area contributed by atoms with Crippen LogP contribution in [0.15, 0.2) is 51.2 Å². The highest BCUT2D eigenvalue weighted by Crippen LogP contribution is 2.38. The highest BCUT2D eigenvalue weighted by atomic mass is 35.5. The number of halogens is 1. The highest BCUT2D eigenvalue weighted by molar-refractivity contribution is 7.99. The lowest BCUT2D eigenvalue weighted by Gasteiger charge is -2.12. The first-order valence-electron chi connectivity index (χ1n) is 9.35. The fourth-order valence-corrected chi connectivity index (χ4v) is 5.00. The number of nitrogens with zero attached hydrogens (tertiary/aromatic N) is 3. The Labute approximate surface area is 171 Å². The van der Waals surface area contributed by atoms with E-state index in [-0.39, 0.29) is 0 Å². The van der Waals surface area contributed by atoms with Crippen LogP contribution in [0.5, 0.6) is 0 Å². The summed E-state index contributed by atoms with van der Waals surface area (Å²) in [6.45, 7) is 3.07. The number of nitrogens with two attached hydrogens (primary N) is 1. The van der Waals surface area contributed by atoms with Crippen molar-refractivity contribution >= 4 is 51.2 Å². The standard InChI is InChI=1S/C20H20ClN5OS/c21-14-9-13-4-8-27-16(13)10-17(14)28-20-25-18-15(2-6-24-19(18)22)26(20)7-3-12-1-5-23-11-12/h2,4,6,8-10,12,23H,1,3,5,7,11H2,(H2,22,24). The quantitative estimate of drug-likeness (QED) is 0.499. The summed E-state index contributed by atoms with van der Waals surface area (Å²) in [4.78, 5) is 9.91. The Morgan fingerprint density at radius 3 is 3.14 bits per heavy atom. The van der Waals surface area contributed by atoms with Gasteiger partial charge in [0.05, 0.1) is 16.8 Å². The molecule has 5 rings (SSSR count). The van der Waals surface area contributed by atoms with Gasteiger partial charge in [0.25, 0.3) is 0 Å². The summed E-state index contributed by atoms with van der Waals surface area (Å²) in [5.74, 6) is 1.14. The summed E-state index contributed by atoms with van der Waals surface area (Å²) >= 11 is 8.07. The second-order valence-electron chi connectivity index (χ2n) is 7.10. The van der Waals surface area contributed by atoms with Crippen LogP contribution in [0.25, 0.3) is 22.0 Å². The van der Waals surface area contributed by atoms with Crippen molar-refractivity contribution in [2.75, 3.05) is 18.8 Å². The van der Waals surface area contributed by atoms with Gasteiger partial charge in [-0.2, -0.15) is 0 Å². The summed E-state index contributed by atoms with van der Waals surface area (Å²) in [6.07, 6.45) is 5.73. The van der Waals surface area contributed by atoms with Crippen molar-refractivity contribution in [1.82, 2.24) is 19.9 Å². The third-order valence-corrected chi connectivity index (χ3v) is 6.77. The third-order valence-electron chi connectivity index (χ3n) is 5.29. The SMILES string of the molecule is Nc1nccc2c1nc(Sc1cc3occc3cc1Cl)n2CCC1CCNC1. The Morgan fingerprint density at radius 1 is 1.36 bits per heavy atom. The summed E-state index contributed by atoms with van der Waals surface area (Å²) < 4.78 is 7.77. The van der Waals surface area contributed by atoms with E-state index in [1.165, 1.54) is 18.2 Å². The number of anilines is 1. The summed E-state index contributed by atoms with van der Waals surface area (Å²) in [5, 5.41) is 5.98. The Balaban J connectivity index is 1.53. The molecule has 4 aromatic rings.